The van der Waals surface area contributed by atoms with Crippen LogP contribution in [0.25, 0.3) is 0 Å². The van der Waals surface area contributed by atoms with Gasteiger partial charge in [-0.3, -0.25) is 9.59 Å². The van der Waals surface area contributed by atoms with Crippen LogP contribution < -0.4 is 15.5 Å². The van der Waals surface area contributed by atoms with Gasteiger partial charge in [0.2, 0.25) is 0 Å². The molecule has 1 aliphatic carbocycles. The molecule has 0 aromatic heterocycles. The van der Waals surface area contributed by atoms with Gasteiger partial charge >= 0.3 is 6.18 Å². The predicted molar refractivity (Wildman–Crippen MR) is 131 cm³/mol. The Balaban J connectivity index is 1.55. The van der Waals surface area contributed by atoms with Gasteiger partial charge in [-0.25, -0.2) is 0 Å². The van der Waals surface area contributed by atoms with Crippen molar-refractivity contribution in [1.82, 2.24) is 5.32 Å². The highest BCUT2D eigenvalue weighted by Crippen LogP contribution is 2.31. The molecule has 1 aliphatic heterocycles. The van der Waals surface area contributed by atoms with Gasteiger partial charge in [-0.05, 0) is 74.1 Å². The fourth-order valence-electron chi connectivity index (χ4n) is 4.84. The van der Waals surface area contributed by atoms with E-state index in [4.69, 9.17) is 0 Å². The lowest BCUT2D eigenvalue weighted by atomic mass is 9.95. The van der Waals surface area contributed by atoms with Crippen LogP contribution in [0.5, 0.6) is 0 Å². The minimum Gasteiger partial charge on any atom is -0.371 e. The standard InChI is InChI=1S/C27H32F3N3O2/c1-18-13-15-33(16-14-18)24-12-11-22(17-23(24)26(35)31-21-5-3-2-4-6-21)32-25(34)19-7-9-20(10-8-19)27(28,29)30/h7-12,17-18,21H,2-6,13-16H2,1H3,(H,31,35)(H,32,34). The molecule has 0 atom stereocenters. The number of hydrogen-bond acceptors (Lipinski definition) is 3. The number of alkyl halides is 3. The molecule has 2 aromatic carbocycles. The fourth-order valence-corrected chi connectivity index (χ4v) is 4.84. The van der Waals surface area contributed by atoms with Crippen LogP contribution in [0.15, 0.2) is 42.5 Å². The Hall–Kier alpha value is -3.03. The number of nitrogens with one attached hydrogen (secondary N) is 2. The highest BCUT2D eigenvalue weighted by molar-refractivity contribution is 6.06. The molecule has 2 amide bonds. The van der Waals surface area contributed by atoms with E-state index >= 15 is 0 Å². The van der Waals surface area contributed by atoms with Crippen molar-refractivity contribution < 1.29 is 22.8 Å². The van der Waals surface area contributed by atoms with Crippen molar-refractivity contribution >= 4 is 23.2 Å². The van der Waals surface area contributed by atoms with Crippen LogP contribution in [0.1, 0.15) is 78.1 Å². The van der Waals surface area contributed by atoms with Crippen molar-refractivity contribution in [3.63, 3.8) is 0 Å². The molecule has 2 fully saturated rings. The normalized spacial score (nSPS) is 17.8. The quantitative estimate of drug-likeness (QED) is 0.524. The molecule has 5 nitrogen and oxygen atoms in total. The summed E-state index contributed by atoms with van der Waals surface area (Å²) in [5.74, 6) is -0.0406. The maximum absolute atomic E-state index is 13.3. The van der Waals surface area contributed by atoms with Gasteiger partial charge in [-0.2, -0.15) is 13.2 Å². The van der Waals surface area contributed by atoms with Gasteiger partial charge in [0.25, 0.3) is 11.8 Å². The molecule has 0 radical (unpaired) electrons. The zero-order valence-electron chi connectivity index (χ0n) is 20.0. The molecule has 2 aliphatic rings. The number of nitrogens with zero attached hydrogens (tertiary/aromatic N) is 1. The van der Waals surface area contributed by atoms with Gasteiger partial charge in [0.15, 0.2) is 0 Å². The Morgan fingerprint density at radius 3 is 2.17 bits per heavy atom. The van der Waals surface area contributed by atoms with Crippen LogP contribution in [-0.2, 0) is 6.18 Å². The molecule has 2 aromatic rings. The maximum atomic E-state index is 13.3. The number of hydrogen-bond donors (Lipinski definition) is 2. The number of amides is 2. The lowest BCUT2D eigenvalue weighted by molar-refractivity contribution is -0.137. The summed E-state index contributed by atoms with van der Waals surface area (Å²) < 4.78 is 38.5. The average Bonchev–Trinajstić information content (AvgIpc) is 2.85. The lowest BCUT2D eigenvalue weighted by Gasteiger charge is -2.34. The summed E-state index contributed by atoms with van der Waals surface area (Å²) in [5.41, 5.74) is 1.09. The SMILES string of the molecule is CC1CCN(c2ccc(NC(=O)c3ccc(C(F)(F)F)cc3)cc2C(=O)NC2CCCCC2)CC1. The number of rotatable bonds is 5. The lowest BCUT2D eigenvalue weighted by Crippen LogP contribution is -2.38. The van der Waals surface area contributed by atoms with Crippen molar-refractivity contribution in [3.05, 3.63) is 59.2 Å². The Morgan fingerprint density at radius 1 is 0.886 bits per heavy atom. The topological polar surface area (TPSA) is 61.4 Å². The van der Waals surface area contributed by atoms with E-state index in [-0.39, 0.29) is 17.5 Å². The van der Waals surface area contributed by atoms with Crippen LogP contribution >= 0.6 is 0 Å². The van der Waals surface area contributed by atoms with Crippen LogP contribution in [-0.4, -0.2) is 30.9 Å². The van der Waals surface area contributed by atoms with Gasteiger partial charge in [0, 0.05) is 36.1 Å². The molecule has 4 rings (SSSR count). The Kier molecular flexibility index (Phi) is 7.67. The number of anilines is 2. The van der Waals surface area contributed by atoms with E-state index in [1.807, 2.05) is 6.07 Å². The molecule has 8 heteroatoms. The smallest absolute Gasteiger partial charge is 0.371 e. The van der Waals surface area contributed by atoms with E-state index in [0.717, 1.165) is 81.6 Å². The van der Waals surface area contributed by atoms with Crippen molar-refractivity contribution in [3.8, 4) is 0 Å². The summed E-state index contributed by atoms with van der Waals surface area (Å²) in [6, 6.07) is 9.50. The van der Waals surface area contributed by atoms with Crippen LogP contribution in [0.2, 0.25) is 0 Å². The Bertz CT molecular complexity index is 1040. The second-order valence-corrected chi connectivity index (χ2v) is 9.74. The minimum absolute atomic E-state index is 0.111. The van der Waals surface area contributed by atoms with Crippen molar-refractivity contribution in [2.75, 3.05) is 23.3 Å². The van der Waals surface area contributed by atoms with Crippen molar-refractivity contribution in [1.29, 1.82) is 0 Å². The van der Waals surface area contributed by atoms with E-state index in [9.17, 15) is 22.8 Å². The molecule has 1 saturated heterocycles. The molecular weight excluding hydrogens is 455 g/mol. The van der Waals surface area contributed by atoms with E-state index in [0.29, 0.717) is 17.2 Å². The molecule has 188 valence electrons. The largest absolute Gasteiger partial charge is 0.416 e. The average molecular weight is 488 g/mol. The van der Waals surface area contributed by atoms with Gasteiger partial charge in [0.05, 0.1) is 11.1 Å². The van der Waals surface area contributed by atoms with Crippen molar-refractivity contribution in [2.45, 2.75) is 64.1 Å². The summed E-state index contributed by atoms with van der Waals surface area (Å²) >= 11 is 0. The molecule has 1 saturated carbocycles. The van der Waals surface area contributed by atoms with Crippen LogP contribution in [0, 0.1) is 5.92 Å². The zero-order chi connectivity index (χ0) is 25.0. The number of benzene rings is 2. The molecule has 0 unspecified atom stereocenters. The third-order valence-electron chi connectivity index (χ3n) is 7.04. The van der Waals surface area contributed by atoms with Crippen LogP contribution in [0.3, 0.4) is 0 Å². The first kappa shape index (κ1) is 25.1. The fraction of sp³-hybridized carbons (Fsp3) is 0.481. The predicted octanol–water partition coefficient (Wildman–Crippen LogP) is 6.26. The van der Waals surface area contributed by atoms with Crippen LogP contribution in [0.4, 0.5) is 24.5 Å². The van der Waals surface area contributed by atoms with E-state index in [1.165, 1.54) is 6.42 Å². The summed E-state index contributed by atoms with van der Waals surface area (Å²) in [7, 11) is 0. The highest BCUT2D eigenvalue weighted by Gasteiger charge is 2.30. The summed E-state index contributed by atoms with van der Waals surface area (Å²) in [6.07, 6.45) is 2.97. The molecule has 2 N–H and O–H groups in total. The molecule has 35 heavy (non-hydrogen) atoms. The van der Waals surface area contributed by atoms with E-state index in [1.54, 1.807) is 12.1 Å². The first-order valence-electron chi connectivity index (χ1n) is 12.4. The summed E-state index contributed by atoms with van der Waals surface area (Å²) in [4.78, 5) is 28.2. The highest BCUT2D eigenvalue weighted by atomic mass is 19.4. The van der Waals surface area contributed by atoms with E-state index in [2.05, 4.69) is 22.5 Å². The monoisotopic (exact) mass is 487 g/mol. The van der Waals surface area contributed by atoms with E-state index < -0.39 is 17.6 Å². The zero-order valence-corrected chi connectivity index (χ0v) is 20.0. The molecule has 0 spiro atoms. The van der Waals surface area contributed by atoms with Crippen molar-refractivity contribution in [2.24, 2.45) is 5.92 Å². The van der Waals surface area contributed by atoms with Gasteiger partial charge in [-0.15, -0.1) is 0 Å². The molecular formula is C27H32F3N3O2. The Labute approximate surface area is 204 Å². The summed E-state index contributed by atoms with van der Waals surface area (Å²) in [6.45, 7) is 3.96. The third kappa shape index (κ3) is 6.35. The Morgan fingerprint density at radius 2 is 1.54 bits per heavy atom. The number of carbonyl (C=O) groups is 2. The van der Waals surface area contributed by atoms with Gasteiger partial charge in [0.1, 0.15) is 0 Å². The molecule has 1 heterocycles. The molecule has 0 bridgehead atoms. The van der Waals surface area contributed by atoms with Gasteiger partial charge < -0.3 is 15.5 Å². The first-order chi connectivity index (χ1) is 16.7. The maximum Gasteiger partial charge on any atom is 0.416 e. The number of carbonyl (C=O) groups excluding carboxylic acids is 2. The van der Waals surface area contributed by atoms with Gasteiger partial charge in [-0.1, -0.05) is 26.2 Å². The third-order valence-corrected chi connectivity index (χ3v) is 7.04. The minimum atomic E-state index is -4.46. The first-order valence-corrected chi connectivity index (χ1v) is 12.4. The number of halogens is 3. The summed E-state index contributed by atoms with van der Waals surface area (Å²) in [5, 5.41) is 5.90. The number of piperidine rings is 1. The second-order valence-electron chi connectivity index (χ2n) is 9.74. The second kappa shape index (κ2) is 10.7.